The van der Waals surface area contributed by atoms with Crippen LogP contribution >= 0.6 is 0 Å². The summed E-state index contributed by atoms with van der Waals surface area (Å²) < 4.78 is 18.7. The van der Waals surface area contributed by atoms with Crippen molar-refractivity contribution >= 4 is 5.91 Å². The van der Waals surface area contributed by atoms with Gasteiger partial charge in [0.25, 0.3) is 5.91 Å². The lowest BCUT2D eigenvalue weighted by Gasteiger charge is -2.24. The Balaban J connectivity index is 2.12. The highest BCUT2D eigenvalue weighted by atomic mass is 19.1. The van der Waals surface area contributed by atoms with Gasteiger partial charge in [0, 0.05) is 12.6 Å². The van der Waals surface area contributed by atoms with Crippen molar-refractivity contribution in [1.29, 1.82) is 0 Å². The van der Waals surface area contributed by atoms with E-state index in [9.17, 15) is 9.18 Å². The van der Waals surface area contributed by atoms with Crippen molar-refractivity contribution in [2.24, 2.45) is 0 Å². The molecule has 0 radical (unpaired) electrons. The fourth-order valence-corrected chi connectivity index (χ4v) is 2.13. The first kappa shape index (κ1) is 12.8. The van der Waals surface area contributed by atoms with Gasteiger partial charge in [0.2, 0.25) is 0 Å². The van der Waals surface area contributed by atoms with Gasteiger partial charge in [-0.25, -0.2) is 4.39 Å². The number of amides is 1. The lowest BCUT2D eigenvalue weighted by atomic mass is 10.1. The van der Waals surface area contributed by atoms with E-state index < -0.39 is 11.7 Å². The molecule has 98 valence electrons. The molecule has 1 aromatic carbocycles. The maximum absolute atomic E-state index is 13.7. The minimum absolute atomic E-state index is 0.0226. The number of nitrogens with one attached hydrogen (secondary N) is 2. The smallest absolute Gasteiger partial charge is 0.258 e. The number of rotatable bonds is 3. The van der Waals surface area contributed by atoms with Gasteiger partial charge in [0.15, 0.2) is 0 Å². The highest BCUT2D eigenvalue weighted by Gasteiger charge is 2.21. The molecule has 1 fully saturated rings. The van der Waals surface area contributed by atoms with Crippen LogP contribution in [0, 0.1) is 5.82 Å². The number of ether oxygens (including phenoxy) is 1. The van der Waals surface area contributed by atoms with Crippen molar-refractivity contribution in [3.63, 3.8) is 0 Å². The zero-order valence-corrected chi connectivity index (χ0v) is 10.3. The molecule has 1 aliphatic rings. The maximum atomic E-state index is 13.7. The molecule has 0 saturated carbocycles. The first-order valence-corrected chi connectivity index (χ1v) is 6.06. The van der Waals surface area contributed by atoms with E-state index in [1.54, 1.807) is 6.07 Å². The number of methoxy groups -OCH3 is 1. The molecule has 1 amide bonds. The molecule has 0 spiro atoms. The Kier molecular flexibility index (Phi) is 4.15. The van der Waals surface area contributed by atoms with Crippen LogP contribution < -0.4 is 15.4 Å². The molecule has 0 bridgehead atoms. The third-order valence-corrected chi connectivity index (χ3v) is 3.05. The van der Waals surface area contributed by atoms with Crippen molar-refractivity contribution < 1.29 is 13.9 Å². The van der Waals surface area contributed by atoms with E-state index in [0.29, 0.717) is 0 Å². The van der Waals surface area contributed by atoms with Crippen molar-refractivity contribution in [1.82, 2.24) is 10.6 Å². The monoisotopic (exact) mass is 252 g/mol. The Hall–Kier alpha value is -1.62. The van der Waals surface area contributed by atoms with E-state index in [1.165, 1.54) is 19.2 Å². The summed E-state index contributed by atoms with van der Waals surface area (Å²) in [6.07, 6.45) is 1.93. The number of halogens is 1. The van der Waals surface area contributed by atoms with Crippen LogP contribution in [0.3, 0.4) is 0 Å². The lowest BCUT2D eigenvalue weighted by molar-refractivity contribution is 0.0923. The summed E-state index contributed by atoms with van der Waals surface area (Å²) >= 11 is 0. The van der Waals surface area contributed by atoms with Gasteiger partial charge in [-0.05, 0) is 31.5 Å². The van der Waals surface area contributed by atoms with E-state index in [1.807, 2.05) is 0 Å². The molecular weight excluding hydrogens is 235 g/mol. The molecule has 1 aromatic rings. The molecule has 2 rings (SSSR count). The number of piperidine rings is 1. The summed E-state index contributed by atoms with van der Waals surface area (Å²) in [5.41, 5.74) is -0.0226. The van der Waals surface area contributed by atoms with Gasteiger partial charge in [-0.2, -0.15) is 0 Å². The maximum Gasteiger partial charge on any atom is 0.258 e. The summed E-state index contributed by atoms with van der Waals surface area (Å²) in [5, 5.41) is 6.02. The van der Waals surface area contributed by atoms with Gasteiger partial charge >= 0.3 is 0 Å². The van der Waals surface area contributed by atoms with Crippen LogP contribution in [0.4, 0.5) is 4.39 Å². The molecule has 0 unspecified atom stereocenters. The SMILES string of the molecule is COc1cccc(F)c1C(=O)N[C@H]1CCCNC1. The molecule has 4 nitrogen and oxygen atoms in total. The Morgan fingerprint density at radius 3 is 3.06 bits per heavy atom. The van der Waals surface area contributed by atoms with Gasteiger partial charge in [-0.3, -0.25) is 4.79 Å². The average molecular weight is 252 g/mol. The van der Waals surface area contributed by atoms with Gasteiger partial charge in [-0.1, -0.05) is 6.07 Å². The van der Waals surface area contributed by atoms with Crippen LogP contribution in [0.2, 0.25) is 0 Å². The quantitative estimate of drug-likeness (QED) is 0.853. The molecule has 1 aliphatic heterocycles. The zero-order chi connectivity index (χ0) is 13.0. The standard InChI is InChI=1S/C13H17FN2O2/c1-18-11-6-2-5-10(14)12(11)13(17)16-9-4-3-7-15-8-9/h2,5-6,9,15H,3-4,7-8H2,1H3,(H,16,17)/t9-/m0/s1. The second-order valence-corrected chi connectivity index (χ2v) is 4.33. The zero-order valence-electron chi connectivity index (χ0n) is 10.3. The fraction of sp³-hybridized carbons (Fsp3) is 0.462. The predicted molar refractivity (Wildman–Crippen MR) is 66.3 cm³/mol. The van der Waals surface area contributed by atoms with E-state index in [0.717, 1.165) is 25.9 Å². The molecular formula is C13H17FN2O2. The van der Waals surface area contributed by atoms with E-state index in [-0.39, 0.29) is 17.4 Å². The summed E-state index contributed by atoms with van der Waals surface area (Å²) in [6, 6.07) is 4.41. The Morgan fingerprint density at radius 2 is 2.39 bits per heavy atom. The number of carbonyl (C=O) groups excluding carboxylic acids is 1. The third kappa shape index (κ3) is 2.79. The minimum atomic E-state index is -0.560. The largest absolute Gasteiger partial charge is 0.496 e. The summed E-state index contributed by atoms with van der Waals surface area (Å²) in [6.45, 7) is 1.69. The molecule has 18 heavy (non-hydrogen) atoms. The molecule has 0 aromatic heterocycles. The van der Waals surface area contributed by atoms with Gasteiger partial charge < -0.3 is 15.4 Å². The fourth-order valence-electron chi connectivity index (χ4n) is 2.13. The van der Waals surface area contributed by atoms with Gasteiger partial charge in [0.05, 0.1) is 7.11 Å². The topological polar surface area (TPSA) is 50.4 Å². The number of carbonyl (C=O) groups is 1. The molecule has 1 saturated heterocycles. The van der Waals surface area contributed by atoms with E-state index in [4.69, 9.17) is 4.74 Å². The Labute approximate surface area is 106 Å². The van der Waals surface area contributed by atoms with Crippen molar-refractivity contribution in [3.8, 4) is 5.75 Å². The van der Waals surface area contributed by atoms with Crippen LogP contribution in [-0.4, -0.2) is 32.1 Å². The molecule has 2 N–H and O–H groups in total. The lowest BCUT2D eigenvalue weighted by Crippen LogP contribution is -2.45. The molecule has 1 atom stereocenters. The first-order valence-electron chi connectivity index (χ1n) is 6.06. The second-order valence-electron chi connectivity index (χ2n) is 4.33. The normalized spacial score (nSPS) is 19.3. The van der Waals surface area contributed by atoms with Crippen LogP contribution in [0.25, 0.3) is 0 Å². The highest BCUT2D eigenvalue weighted by Crippen LogP contribution is 2.21. The Bertz CT molecular complexity index is 431. The second kappa shape index (κ2) is 5.82. The summed E-state index contributed by atoms with van der Waals surface area (Å²) in [4.78, 5) is 12.1. The first-order chi connectivity index (χ1) is 8.72. The predicted octanol–water partition coefficient (Wildman–Crippen LogP) is 1.32. The number of hydrogen-bond acceptors (Lipinski definition) is 3. The van der Waals surface area contributed by atoms with Crippen LogP contribution in [0.5, 0.6) is 5.75 Å². The number of hydrogen-bond donors (Lipinski definition) is 2. The average Bonchev–Trinajstić information content (AvgIpc) is 2.39. The van der Waals surface area contributed by atoms with E-state index in [2.05, 4.69) is 10.6 Å². The third-order valence-electron chi connectivity index (χ3n) is 3.05. The van der Waals surface area contributed by atoms with Crippen LogP contribution in [-0.2, 0) is 0 Å². The Morgan fingerprint density at radius 1 is 1.56 bits per heavy atom. The number of benzene rings is 1. The molecule has 5 heteroatoms. The van der Waals surface area contributed by atoms with Crippen LogP contribution in [0.1, 0.15) is 23.2 Å². The van der Waals surface area contributed by atoms with Gasteiger partial charge in [0.1, 0.15) is 17.1 Å². The van der Waals surface area contributed by atoms with Crippen molar-refractivity contribution in [2.45, 2.75) is 18.9 Å². The highest BCUT2D eigenvalue weighted by molar-refractivity contribution is 5.97. The van der Waals surface area contributed by atoms with Crippen LogP contribution in [0.15, 0.2) is 18.2 Å². The van der Waals surface area contributed by atoms with E-state index >= 15 is 0 Å². The van der Waals surface area contributed by atoms with Crippen molar-refractivity contribution in [2.75, 3.05) is 20.2 Å². The van der Waals surface area contributed by atoms with Crippen molar-refractivity contribution in [3.05, 3.63) is 29.6 Å². The summed E-state index contributed by atoms with van der Waals surface area (Å²) in [5.74, 6) is -0.717. The summed E-state index contributed by atoms with van der Waals surface area (Å²) in [7, 11) is 1.42. The molecule has 1 heterocycles. The van der Waals surface area contributed by atoms with Gasteiger partial charge in [-0.15, -0.1) is 0 Å². The molecule has 0 aliphatic carbocycles. The minimum Gasteiger partial charge on any atom is -0.496 e.